The van der Waals surface area contributed by atoms with E-state index in [9.17, 15) is 0 Å². The number of furan rings is 1. The largest absolute Gasteiger partial charge is 0.472 e. The molecule has 0 radical (unpaired) electrons. The van der Waals surface area contributed by atoms with E-state index in [2.05, 4.69) is 21.3 Å². The van der Waals surface area contributed by atoms with Crippen LogP contribution in [0.3, 0.4) is 0 Å². The topological polar surface area (TPSA) is 41.3 Å². The van der Waals surface area contributed by atoms with Gasteiger partial charge in [0.15, 0.2) is 5.82 Å². The zero-order valence-electron chi connectivity index (χ0n) is 10.3. The lowest BCUT2D eigenvalue weighted by Crippen LogP contribution is -2.20. The number of hydrogen-bond donors (Lipinski definition) is 1. The van der Waals surface area contributed by atoms with Crippen LogP contribution in [0.15, 0.2) is 41.3 Å². The lowest BCUT2D eigenvalue weighted by Gasteiger charge is -2.20. The number of pyridine rings is 1. The highest BCUT2D eigenvalue weighted by atomic mass is 16.3. The van der Waals surface area contributed by atoms with Crippen LogP contribution in [0.25, 0.3) is 0 Å². The summed E-state index contributed by atoms with van der Waals surface area (Å²) < 4.78 is 5.07. The molecule has 0 aromatic carbocycles. The minimum atomic E-state index is 0.767. The summed E-state index contributed by atoms with van der Waals surface area (Å²) in [6, 6.07) is 6.02. The Morgan fingerprint density at radius 3 is 2.94 bits per heavy atom. The first-order valence-corrected chi connectivity index (χ1v) is 6.38. The first-order chi connectivity index (χ1) is 8.93. The molecule has 1 fully saturated rings. The Morgan fingerprint density at radius 1 is 1.28 bits per heavy atom. The monoisotopic (exact) mass is 243 g/mol. The maximum atomic E-state index is 5.07. The molecule has 1 aliphatic rings. The van der Waals surface area contributed by atoms with E-state index in [-0.39, 0.29) is 0 Å². The van der Waals surface area contributed by atoms with Crippen molar-refractivity contribution in [3.05, 3.63) is 42.5 Å². The summed E-state index contributed by atoms with van der Waals surface area (Å²) in [4.78, 5) is 6.85. The van der Waals surface area contributed by atoms with Gasteiger partial charge in [-0.05, 0) is 31.0 Å². The van der Waals surface area contributed by atoms with Crippen LogP contribution < -0.4 is 10.2 Å². The molecule has 94 valence electrons. The van der Waals surface area contributed by atoms with Crippen LogP contribution in [0.4, 0.5) is 11.5 Å². The number of nitrogens with zero attached hydrogens (tertiary/aromatic N) is 2. The molecule has 4 nitrogen and oxygen atoms in total. The molecule has 0 spiro atoms. The van der Waals surface area contributed by atoms with Crippen molar-refractivity contribution in [2.45, 2.75) is 19.4 Å². The highest BCUT2D eigenvalue weighted by Gasteiger charge is 2.16. The quantitative estimate of drug-likeness (QED) is 0.896. The van der Waals surface area contributed by atoms with Gasteiger partial charge in [0.2, 0.25) is 0 Å². The van der Waals surface area contributed by atoms with Gasteiger partial charge in [0.25, 0.3) is 0 Å². The maximum absolute atomic E-state index is 5.07. The summed E-state index contributed by atoms with van der Waals surface area (Å²) in [6.45, 7) is 2.98. The highest BCUT2D eigenvalue weighted by molar-refractivity contribution is 5.65. The molecule has 1 saturated heterocycles. The molecule has 1 N–H and O–H groups in total. The van der Waals surface area contributed by atoms with E-state index in [1.165, 1.54) is 12.8 Å². The maximum Gasteiger partial charge on any atom is 0.151 e. The van der Waals surface area contributed by atoms with E-state index in [1.54, 1.807) is 12.5 Å². The lowest BCUT2D eigenvalue weighted by atomic mass is 10.3. The SMILES string of the molecule is c1cnc(N2CCCC2)c(NCc2ccoc2)c1. The molecule has 0 atom stereocenters. The van der Waals surface area contributed by atoms with Crippen molar-refractivity contribution in [2.24, 2.45) is 0 Å². The number of nitrogens with one attached hydrogen (secondary N) is 1. The molecule has 2 aromatic rings. The Labute approximate surface area is 107 Å². The molecule has 2 aromatic heterocycles. The fourth-order valence-corrected chi connectivity index (χ4v) is 2.31. The van der Waals surface area contributed by atoms with Gasteiger partial charge in [0.1, 0.15) is 0 Å². The second-order valence-corrected chi connectivity index (χ2v) is 4.55. The molecular weight excluding hydrogens is 226 g/mol. The van der Waals surface area contributed by atoms with Crippen molar-refractivity contribution in [1.29, 1.82) is 0 Å². The molecule has 0 unspecified atom stereocenters. The van der Waals surface area contributed by atoms with Gasteiger partial charge in [-0.3, -0.25) is 0 Å². The van der Waals surface area contributed by atoms with E-state index in [4.69, 9.17) is 4.42 Å². The van der Waals surface area contributed by atoms with Gasteiger partial charge in [-0.15, -0.1) is 0 Å². The van der Waals surface area contributed by atoms with Crippen molar-refractivity contribution in [1.82, 2.24) is 4.98 Å². The zero-order valence-corrected chi connectivity index (χ0v) is 10.3. The summed E-state index contributed by atoms with van der Waals surface area (Å²) in [5.74, 6) is 1.07. The van der Waals surface area contributed by atoms with Crippen LogP contribution in [-0.4, -0.2) is 18.1 Å². The van der Waals surface area contributed by atoms with Crippen LogP contribution in [0.5, 0.6) is 0 Å². The molecule has 0 bridgehead atoms. The second kappa shape index (κ2) is 5.12. The van der Waals surface area contributed by atoms with Crippen molar-refractivity contribution in [3.8, 4) is 0 Å². The molecule has 0 aliphatic carbocycles. The third kappa shape index (κ3) is 2.32. The van der Waals surface area contributed by atoms with Gasteiger partial charge in [-0.1, -0.05) is 0 Å². The normalized spacial score (nSPS) is 15.0. The van der Waals surface area contributed by atoms with Gasteiger partial charge in [0.05, 0.1) is 18.2 Å². The number of hydrogen-bond acceptors (Lipinski definition) is 4. The summed E-state index contributed by atoms with van der Waals surface area (Å²) in [5, 5.41) is 3.43. The molecule has 0 amide bonds. The fourth-order valence-electron chi connectivity index (χ4n) is 2.31. The van der Waals surface area contributed by atoms with Crippen LogP contribution in [0.1, 0.15) is 18.4 Å². The van der Waals surface area contributed by atoms with Crippen molar-refractivity contribution in [2.75, 3.05) is 23.3 Å². The average molecular weight is 243 g/mol. The predicted molar refractivity (Wildman–Crippen MR) is 71.7 cm³/mol. The fraction of sp³-hybridized carbons (Fsp3) is 0.357. The summed E-state index contributed by atoms with van der Waals surface area (Å²) in [7, 11) is 0. The molecular formula is C14H17N3O. The number of rotatable bonds is 4. The number of aromatic nitrogens is 1. The van der Waals surface area contributed by atoms with Crippen molar-refractivity contribution < 1.29 is 4.42 Å². The van der Waals surface area contributed by atoms with Gasteiger partial charge in [-0.2, -0.15) is 0 Å². The minimum absolute atomic E-state index is 0.767. The Balaban J connectivity index is 1.74. The van der Waals surface area contributed by atoms with Gasteiger partial charge in [-0.25, -0.2) is 4.98 Å². The summed E-state index contributed by atoms with van der Waals surface area (Å²) in [6.07, 6.45) is 7.84. The van der Waals surface area contributed by atoms with E-state index < -0.39 is 0 Å². The summed E-state index contributed by atoms with van der Waals surface area (Å²) >= 11 is 0. The first-order valence-electron chi connectivity index (χ1n) is 6.38. The van der Waals surface area contributed by atoms with Crippen molar-refractivity contribution in [3.63, 3.8) is 0 Å². The Bertz CT molecular complexity index is 490. The van der Waals surface area contributed by atoms with Gasteiger partial charge < -0.3 is 14.6 Å². The van der Waals surface area contributed by atoms with Gasteiger partial charge in [0, 0.05) is 31.4 Å². The van der Waals surface area contributed by atoms with Crippen LogP contribution >= 0.6 is 0 Å². The molecule has 3 rings (SSSR count). The van der Waals surface area contributed by atoms with E-state index in [0.717, 1.165) is 36.7 Å². The zero-order chi connectivity index (χ0) is 12.2. The van der Waals surface area contributed by atoms with E-state index >= 15 is 0 Å². The van der Waals surface area contributed by atoms with E-state index in [1.807, 2.05) is 18.3 Å². The lowest BCUT2D eigenvalue weighted by molar-refractivity contribution is 0.564. The Hall–Kier alpha value is -1.97. The van der Waals surface area contributed by atoms with Crippen molar-refractivity contribution >= 4 is 11.5 Å². The van der Waals surface area contributed by atoms with Crippen LogP contribution in [0.2, 0.25) is 0 Å². The standard InChI is InChI=1S/C14H17N3O/c1-2-8-17(7-1)14-13(4-3-6-15-14)16-10-12-5-9-18-11-12/h3-6,9,11,16H,1-2,7-8,10H2. The molecule has 1 aliphatic heterocycles. The van der Waals surface area contributed by atoms with Gasteiger partial charge >= 0.3 is 0 Å². The second-order valence-electron chi connectivity index (χ2n) is 4.55. The third-order valence-corrected chi connectivity index (χ3v) is 3.26. The smallest absolute Gasteiger partial charge is 0.151 e. The third-order valence-electron chi connectivity index (χ3n) is 3.26. The van der Waals surface area contributed by atoms with Crippen LogP contribution in [-0.2, 0) is 6.54 Å². The average Bonchev–Trinajstić information content (AvgIpc) is 3.10. The van der Waals surface area contributed by atoms with E-state index in [0.29, 0.717) is 0 Å². The predicted octanol–water partition coefficient (Wildman–Crippen LogP) is 2.89. The Kier molecular flexibility index (Phi) is 3.17. The molecule has 3 heterocycles. The molecule has 18 heavy (non-hydrogen) atoms. The Morgan fingerprint density at radius 2 is 2.17 bits per heavy atom. The molecule has 4 heteroatoms. The summed E-state index contributed by atoms with van der Waals surface area (Å²) in [5.41, 5.74) is 2.24. The first kappa shape index (κ1) is 11.1. The number of anilines is 2. The highest BCUT2D eigenvalue weighted by Crippen LogP contribution is 2.26. The minimum Gasteiger partial charge on any atom is -0.472 e. The van der Waals surface area contributed by atoms with Crippen LogP contribution in [0, 0.1) is 0 Å². The molecule has 0 saturated carbocycles.